The topological polar surface area (TPSA) is 177 Å². The largest absolute Gasteiger partial charge is 0.394 e. The molecule has 6 N–H and O–H groups in total. The van der Waals surface area contributed by atoms with E-state index in [9.17, 15) is 30.6 Å². The van der Waals surface area contributed by atoms with Crippen molar-refractivity contribution in [2.75, 3.05) is 40.6 Å². The van der Waals surface area contributed by atoms with Crippen molar-refractivity contribution in [3.8, 4) is 0 Å². The van der Waals surface area contributed by atoms with Crippen LogP contribution in [0.15, 0.2) is 0 Å². The second-order valence-electron chi connectivity index (χ2n) is 11.1. The van der Waals surface area contributed by atoms with Crippen LogP contribution in [0.2, 0.25) is 0 Å². The maximum absolute atomic E-state index is 10.1. The van der Waals surface area contributed by atoms with Gasteiger partial charge >= 0.3 is 0 Å². The standard InChI is InChI=1S/2C15H30O6/c1-3-4-5-6-7-8-9-20-14-11(10-16)21-15(19-2)13(18)12(14)17;1-3-4-5-6-7-8-9-20-10-11-12(16)13(17)14(18)15(19-2)21-11/h2*11-18H,3-10H2,1-2H3/t11?,12-,13?,14-,15+;11?,12-,13+,14?,15+/m11/s1. The molecule has 2 saturated heterocycles. The molecule has 2 fully saturated rings. The van der Waals surface area contributed by atoms with Crippen molar-refractivity contribution >= 4 is 0 Å². The summed E-state index contributed by atoms with van der Waals surface area (Å²) in [5.41, 5.74) is 0. The van der Waals surface area contributed by atoms with E-state index in [2.05, 4.69) is 13.8 Å². The molecule has 42 heavy (non-hydrogen) atoms. The smallest absolute Gasteiger partial charge is 0.186 e. The van der Waals surface area contributed by atoms with E-state index in [-0.39, 0.29) is 13.2 Å². The van der Waals surface area contributed by atoms with E-state index in [1.54, 1.807) is 0 Å². The molecule has 0 amide bonds. The van der Waals surface area contributed by atoms with Gasteiger partial charge in [0.05, 0.1) is 13.2 Å². The highest BCUT2D eigenvalue weighted by Crippen LogP contribution is 2.24. The first-order chi connectivity index (χ1) is 20.3. The minimum absolute atomic E-state index is 0.180. The Morgan fingerprint density at radius 3 is 1.55 bits per heavy atom. The monoisotopic (exact) mass is 612 g/mol. The minimum atomic E-state index is -1.29. The first-order valence-corrected chi connectivity index (χ1v) is 15.8. The molecule has 0 aromatic carbocycles. The first kappa shape index (κ1) is 39.5. The van der Waals surface area contributed by atoms with Gasteiger partial charge in [0.15, 0.2) is 12.6 Å². The third kappa shape index (κ3) is 14.1. The molecule has 0 aromatic heterocycles. The minimum Gasteiger partial charge on any atom is -0.394 e. The zero-order valence-electron chi connectivity index (χ0n) is 26.2. The fourth-order valence-corrected chi connectivity index (χ4v) is 4.99. The molecule has 0 bridgehead atoms. The summed E-state index contributed by atoms with van der Waals surface area (Å²) in [5.74, 6) is 0. The van der Waals surface area contributed by atoms with Crippen LogP contribution in [0.1, 0.15) is 90.9 Å². The van der Waals surface area contributed by atoms with Crippen molar-refractivity contribution in [1.29, 1.82) is 0 Å². The highest BCUT2D eigenvalue weighted by atomic mass is 16.7. The van der Waals surface area contributed by atoms with Crippen molar-refractivity contribution in [1.82, 2.24) is 0 Å². The van der Waals surface area contributed by atoms with Gasteiger partial charge in [-0.15, -0.1) is 0 Å². The van der Waals surface area contributed by atoms with E-state index < -0.39 is 61.4 Å². The lowest BCUT2D eigenvalue weighted by Crippen LogP contribution is -2.59. The molecule has 2 aliphatic heterocycles. The molecule has 0 spiro atoms. The Bertz CT molecular complexity index is 613. The highest BCUT2D eigenvalue weighted by Gasteiger charge is 2.45. The molecule has 252 valence electrons. The summed E-state index contributed by atoms with van der Waals surface area (Å²) in [5, 5.41) is 58.5. The van der Waals surface area contributed by atoms with Gasteiger partial charge in [0.25, 0.3) is 0 Å². The lowest BCUT2D eigenvalue weighted by molar-refractivity contribution is -0.301. The van der Waals surface area contributed by atoms with Crippen molar-refractivity contribution in [2.45, 2.75) is 152 Å². The van der Waals surface area contributed by atoms with Gasteiger partial charge in [-0.1, -0.05) is 78.1 Å². The Morgan fingerprint density at radius 1 is 0.548 bits per heavy atom. The summed E-state index contributed by atoms with van der Waals surface area (Å²) in [6.07, 6.45) is 4.00. The Hall–Kier alpha value is -0.480. The number of unbranched alkanes of at least 4 members (excludes halogenated alkanes) is 10. The molecule has 2 heterocycles. The molecular formula is C30H60O12. The van der Waals surface area contributed by atoms with Crippen LogP contribution in [0.4, 0.5) is 0 Å². The average Bonchev–Trinajstić information content (AvgIpc) is 3.00. The molecule has 0 aliphatic carbocycles. The van der Waals surface area contributed by atoms with Crippen LogP contribution in [0, 0.1) is 0 Å². The molecular weight excluding hydrogens is 552 g/mol. The first-order valence-electron chi connectivity index (χ1n) is 15.8. The van der Waals surface area contributed by atoms with Crippen LogP contribution in [0.25, 0.3) is 0 Å². The van der Waals surface area contributed by atoms with Crippen LogP contribution in [0.3, 0.4) is 0 Å². The zero-order valence-corrected chi connectivity index (χ0v) is 26.2. The summed E-state index contributed by atoms with van der Waals surface area (Å²) in [7, 11) is 2.76. The normalized spacial score (nSPS) is 33.3. The highest BCUT2D eigenvalue weighted by molar-refractivity contribution is 4.90. The lowest BCUT2D eigenvalue weighted by Gasteiger charge is -2.41. The van der Waals surface area contributed by atoms with E-state index in [1.165, 1.54) is 65.6 Å². The predicted octanol–water partition coefficient (Wildman–Crippen LogP) is 1.64. The SMILES string of the molecule is CCCCCCCCOCC1O[C@H](OC)C(O)[C@@H](O)[C@@H]1O.CCCCCCCCO[C@@H]1C(CO)O[C@H](OC)C(O)[C@H]1O. The summed E-state index contributed by atoms with van der Waals surface area (Å²) >= 11 is 0. The van der Waals surface area contributed by atoms with Crippen LogP contribution < -0.4 is 0 Å². The number of aliphatic hydroxyl groups is 6. The predicted molar refractivity (Wildman–Crippen MR) is 156 cm³/mol. The average molecular weight is 613 g/mol. The molecule has 10 atom stereocenters. The lowest BCUT2D eigenvalue weighted by atomic mass is 9.99. The number of aliphatic hydroxyl groups excluding tert-OH is 6. The van der Waals surface area contributed by atoms with Gasteiger partial charge in [0.2, 0.25) is 0 Å². The van der Waals surface area contributed by atoms with Crippen molar-refractivity contribution in [3.63, 3.8) is 0 Å². The number of rotatable bonds is 20. The second-order valence-corrected chi connectivity index (χ2v) is 11.1. The van der Waals surface area contributed by atoms with Gasteiger partial charge < -0.3 is 59.1 Å². The fraction of sp³-hybridized carbons (Fsp3) is 1.00. The van der Waals surface area contributed by atoms with E-state index >= 15 is 0 Å². The van der Waals surface area contributed by atoms with Gasteiger partial charge in [-0.05, 0) is 12.8 Å². The Balaban J connectivity index is 0.000000420. The van der Waals surface area contributed by atoms with Crippen LogP contribution >= 0.6 is 0 Å². The van der Waals surface area contributed by atoms with Gasteiger partial charge in [-0.3, -0.25) is 0 Å². The summed E-state index contributed by atoms with van der Waals surface area (Å²) in [4.78, 5) is 0. The maximum Gasteiger partial charge on any atom is 0.186 e. The molecule has 12 heteroatoms. The fourth-order valence-electron chi connectivity index (χ4n) is 4.99. The number of ether oxygens (including phenoxy) is 6. The van der Waals surface area contributed by atoms with Gasteiger partial charge in [0.1, 0.15) is 48.8 Å². The Labute approximate surface area is 252 Å². The Kier molecular flexibility index (Phi) is 22.4. The third-order valence-electron chi connectivity index (χ3n) is 7.69. The Morgan fingerprint density at radius 2 is 1.02 bits per heavy atom. The zero-order chi connectivity index (χ0) is 31.3. The van der Waals surface area contributed by atoms with Crippen molar-refractivity contribution in [2.24, 2.45) is 0 Å². The quantitative estimate of drug-likeness (QED) is 0.110. The van der Waals surface area contributed by atoms with Crippen molar-refractivity contribution < 1.29 is 59.1 Å². The summed E-state index contributed by atoms with van der Waals surface area (Å²) < 4.78 is 31.7. The van der Waals surface area contributed by atoms with Crippen LogP contribution in [0.5, 0.6) is 0 Å². The van der Waals surface area contributed by atoms with E-state index in [0.29, 0.717) is 13.2 Å². The third-order valence-corrected chi connectivity index (χ3v) is 7.69. The number of methoxy groups -OCH3 is 2. The van der Waals surface area contributed by atoms with E-state index in [4.69, 9.17) is 28.4 Å². The van der Waals surface area contributed by atoms with Gasteiger partial charge in [0, 0.05) is 27.4 Å². The number of hydrogen-bond donors (Lipinski definition) is 6. The molecule has 2 rings (SSSR count). The van der Waals surface area contributed by atoms with E-state index in [1.807, 2.05) is 0 Å². The second kappa shape index (κ2) is 23.8. The van der Waals surface area contributed by atoms with Gasteiger partial charge in [-0.25, -0.2) is 0 Å². The summed E-state index contributed by atoms with van der Waals surface area (Å²) in [6, 6.07) is 0. The van der Waals surface area contributed by atoms with E-state index in [0.717, 1.165) is 25.7 Å². The molecule has 4 unspecified atom stereocenters. The number of hydrogen-bond acceptors (Lipinski definition) is 12. The molecule has 0 radical (unpaired) electrons. The molecule has 0 saturated carbocycles. The van der Waals surface area contributed by atoms with Crippen LogP contribution in [-0.2, 0) is 28.4 Å². The molecule has 12 nitrogen and oxygen atoms in total. The summed E-state index contributed by atoms with van der Waals surface area (Å²) in [6.45, 7) is 5.36. The van der Waals surface area contributed by atoms with Crippen LogP contribution in [-0.4, -0.2) is 133 Å². The molecule has 2 aliphatic rings. The maximum atomic E-state index is 10.1. The molecule has 0 aromatic rings. The van der Waals surface area contributed by atoms with Crippen molar-refractivity contribution in [3.05, 3.63) is 0 Å². The van der Waals surface area contributed by atoms with Gasteiger partial charge in [-0.2, -0.15) is 0 Å².